The second kappa shape index (κ2) is 9.43. The lowest BCUT2D eigenvalue weighted by Crippen LogP contribution is -2.17. The Bertz CT molecular complexity index is 900. The van der Waals surface area contributed by atoms with Crippen LogP contribution in [0.2, 0.25) is 5.02 Å². The Morgan fingerprint density at radius 3 is 2.64 bits per heavy atom. The highest BCUT2D eigenvalue weighted by Gasteiger charge is 2.12. The van der Waals surface area contributed by atoms with E-state index in [4.69, 9.17) is 11.6 Å². The van der Waals surface area contributed by atoms with E-state index in [1.807, 2.05) is 32.3 Å². The standard InChI is InChI=1S/C20H22ClFN6/c1-28(2)12-6-11-24-20-25-17(16-9-3-4-10-23-16)13-18(27-20)26-19-14(21)7-5-8-15(19)22/h3-5,7-10,13H,6,11-12H2,1-2H3,(H2,24,25,26,27). The van der Waals surface area contributed by atoms with Crippen molar-refractivity contribution in [2.75, 3.05) is 37.8 Å². The van der Waals surface area contributed by atoms with Gasteiger partial charge in [-0.15, -0.1) is 0 Å². The molecule has 0 aliphatic carbocycles. The van der Waals surface area contributed by atoms with E-state index in [0.717, 1.165) is 13.0 Å². The van der Waals surface area contributed by atoms with E-state index >= 15 is 0 Å². The summed E-state index contributed by atoms with van der Waals surface area (Å²) in [5.41, 5.74) is 1.50. The zero-order valence-corrected chi connectivity index (χ0v) is 16.5. The van der Waals surface area contributed by atoms with Crippen LogP contribution in [0.1, 0.15) is 6.42 Å². The van der Waals surface area contributed by atoms with E-state index in [2.05, 4.69) is 30.5 Å². The molecule has 0 radical (unpaired) electrons. The maximum absolute atomic E-state index is 14.2. The summed E-state index contributed by atoms with van der Waals surface area (Å²) >= 11 is 6.13. The fraction of sp³-hybridized carbons (Fsp3) is 0.250. The SMILES string of the molecule is CN(C)CCCNc1nc(Nc2c(F)cccc2Cl)cc(-c2ccccn2)n1. The number of para-hydroxylation sites is 1. The Hall–Kier alpha value is -2.77. The minimum absolute atomic E-state index is 0.174. The lowest BCUT2D eigenvalue weighted by molar-refractivity contribution is 0.405. The van der Waals surface area contributed by atoms with Crippen molar-refractivity contribution < 1.29 is 4.39 Å². The molecule has 0 saturated heterocycles. The van der Waals surface area contributed by atoms with Gasteiger partial charge < -0.3 is 15.5 Å². The topological polar surface area (TPSA) is 66.0 Å². The maximum atomic E-state index is 14.2. The molecular formula is C20H22ClFN6. The summed E-state index contributed by atoms with van der Waals surface area (Å²) in [5, 5.41) is 6.46. The van der Waals surface area contributed by atoms with Gasteiger partial charge in [0.1, 0.15) is 11.6 Å². The third-order valence-corrected chi connectivity index (χ3v) is 4.25. The van der Waals surface area contributed by atoms with Crippen LogP contribution in [0, 0.1) is 5.82 Å². The average molecular weight is 401 g/mol. The van der Waals surface area contributed by atoms with Gasteiger partial charge in [-0.2, -0.15) is 4.98 Å². The molecule has 0 bridgehead atoms. The summed E-state index contributed by atoms with van der Waals surface area (Å²) in [5.74, 6) is 0.417. The molecule has 0 unspecified atom stereocenters. The molecule has 28 heavy (non-hydrogen) atoms. The van der Waals surface area contributed by atoms with Crippen LogP contribution in [0.15, 0.2) is 48.7 Å². The number of nitrogens with one attached hydrogen (secondary N) is 2. The molecule has 2 N–H and O–H groups in total. The van der Waals surface area contributed by atoms with Gasteiger partial charge in [-0.25, -0.2) is 9.37 Å². The second-order valence-electron chi connectivity index (χ2n) is 6.48. The number of rotatable bonds is 8. The molecule has 0 aliphatic heterocycles. The highest BCUT2D eigenvalue weighted by atomic mass is 35.5. The molecule has 3 aromatic rings. The quantitative estimate of drug-likeness (QED) is 0.545. The molecule has 146 valence electrons. The van der Waals surface area contributed by atoms with Gasteiger partial charge in [-0.05, 0) is 51.3 Å². The average Bonchev–Trinajstić information content (AvgIpc) is 2.69. The van der Waals surface area contributed by atoms with Gasteiger partial charge in [0.25, 0.3) is 0 Å². The van der Waals surface area contributed by atoms with E-state index in [1.165, 1.54) is 6.07 Å². The largest absolute Gasteiger partial charge is 0.354 e. The van der Waals surface area contributed by atoms with Crippen LogP contribution >= 0.6 is 11.6 Å². The van der Waals surface area contributed by atoms with E-state index in [0.29, 0.717) is 29.7 Å². The molecule has 0 fully saturated rings. The Morgan fingerprint density at radius 2 is 1.93 bits per heavy atom. The number of pyridine rings is 1. The number of halogens is 2. The molecule has 2 heterocycles. The van der Waals surface area contributed by atoms with Crippen LogP contribution < -0.4 is 10.6 Å². The van der Waals surface area contributed by atoms with Gasteiger partial charge in [0.15, 0.2) is 0 Å². The molecule has 1 aromatic carbocycles. The molecule has 6 nitrogen and oxygen atoms in total. The zero-order valence-electron chi connectivity index (χ0n) is 15.8. The Balaban J connectivity index is 1.89. The van der Waals surface area contributed by atoms with Gasteiger partial charge in [0.05, 0.1) is 22.1 Å². The molecule has 0 amide bonds. The van der Waals surface area contributed by atoms with Crippen molar-refractivity contribution in [3.63, 3.8) is 0 Å². The summed E-state index contributed by atoms with van der Waals surface area (Å²) in [6.07, 6.45) is 2.63. The van der Waals surface area contributed by atoms with E-state index in [-0.39, 0.29) is 10.7 Å². The number of hydrogen-bond acceptors (Lipinski definition) is 6. The minimum Gasteiger partial charge on any atom is -0.354 e. The van der Waals surface area contributed by atoms with Crippen molar-refractivity contribution in [2.24, 2.45) is 0 Å². The number of hydrogen-bond donors (Lipinski definition) is 2. The molecule has 0 aliphatic rings. The van der Waals surface area contributed by atoms with Crippen molar-refractivity contribution >= 4 is 29.1 Å². The third kappa shape index (κ3) is 5.37. The van der Waals surface area contributed by atoms with Gasteiger partial charge in [-0.3, -0.25) is 4.98 Å². The fourth-order valence-corrected chi connectivity index (χ4v) is 2.79. The van der Waals surface area contributed by atoms with Crippen molar-refractivity contribution in [2.45, 2.75) is 6.42 Å². The lowest BCUT2D eigenvalue weighted by atomic mass is 10.2. The predicted octanol–water partition coefficient (Wildman–Crippen LogP) is 4.44. The first-order valence-corrected chi connectivity index (χ1v) is 9.31. The summed E-state index contributed by atoms with van der Waals surface area (Å²) in [4.78, 5) is 15.4. The first-order valence-electron chi connectivity index (χ1n) is 8.93. The molecular weight excluding hydrogens is 379 g/mol. The van der Waals surface area contributed by atoms with Gasteiger partial charge in [0.2, 0.25) is 5.95 Å². The van der Waals surface area contributed by atoms with Crippen LogP contribution in [0.25, 0.3) is 11.4 Å². The number of aromatic nitrogens is 3. The highest BCUT2D eigenvalue weighted by Crippen LogP contribution is 2.29. The van der Waals surface area contributed by atoms with Gasteiger partial charge >= 0.3 is 0 Å². The Labute approximate surface area is 168 Å². The normalized spacial score (nSPS) is 10.9. The zero-order chi connectivity index (χ0) is 19.9. The Kier molecular flexibility index (Phi) is 6.73. The maximum Gasteiger partial charge on any atom is 0.225 e. The summed E-state index contributed by atoms with van der Waals surface area (Å²) < 4.78 is 14.2. The van der Waals surface area contributed by atoms with E-state index < -0.39 is 5.82 Å². The molecule has 0 saturated carbocycles. The molecule has 0 spiro atoms. The predicted molar refractivity (Wildman–Crippen MR) is 112 cm³/mol. The van der Waals surface area contributed by atoms with Crippen LogP contribution in [0.5, 0.6) is 0 Å². The number of nitrogens with zero attached hydrogens (tertiary/aromatic N) is 4. The molecule has 2 aromatic heterocycles. The first-order chi connectivity index (χ1) is 13.5. The highest BCUT2D eigenvalue weighted by molar-refractivity contribution is 6.33. The van der Waals surface area contributed by atoms with Crippen molar-refractivity contribution in [3.05, 3.63) is 59.5 Å². The summed E-state index contributed by atoms with van der Waals surface area (Å²) in [6.45, 7) is 1.66. The minimum atomic E-state index is -0.453. The number of anilines is 3. The molecule has 8 heteroatoms. The third-order valence-electron chi connectivity index (χ3n) is 3.93. The van der Waals surface area contributed by atoms with Crippen molar-refractivity contribution in [1.29, 1.82) is 0 Å². The first kappa shape index (κ1) is 20.0. The van der Waals surface area contributed by atoms with Crippen molar-refractivity contribution in [1.82, 2.24) is 19.9 Å². The van der Waals surface area contributed by atoms with Gasteiger partial charge in [0, 0.05) is 18.8 Å². The molecule has 0 atom stereocenters. The van der Waals surface area contributed by atoms with Crippen LogP contribution in [0.3, 0.4) is 0 Å². The summed E-state index contributed by atoms with van der Waals surface area (Å²) in [6, 6.07) is 11.8. The Morgan fingerprint density at radius 1 is 1.07 bits per heavy atom. The van der Waals surface area contributed by atoms with E-state index in [1.54, 1.807) is 24.4 Å². The molecule has 3 rings (SSSR count). The fourth-order valence-electron chi connectivity index (χ4n) is 2.58. The lowest BCUT2D eigenvalue weighted by Gasteiger charge is -2.13. The van der Waals surface area contributed by atoms with Crippen molar-refractivity contribution in [3.8, 4) is 11.4 Å². The van der Waals surface area contributed by atoms with Crippen LogP contribution in [-0.4, -0.2) is 47.0 Å². The van der Waals surface area contributed by atoms with E-state index in [9.17, 15) is 4.39 Å². The smallest absolute Gasteiger partial charge is 0.225 e. The van der Waals surface area contributed by atoms with Crippen LogP contribution in [0.4, 0.5) is 21.8 Å². The summed E-state index contributed by atoms with van der Waals surface area (Å²) in [7, 11) is 4.05. The van der Waals surface area contributed by atoms with Gasteiger partial charge in [-0.1, -0.05) is 23.7 Å². The number of benzene rings is 1. The monoisotopic (exact) mass is 400 g/mol. The second-order valence-corrected chi connectivity index (χ2v) is 6.89. The van der Waals surface area contributed by atoms with Crippen LogP contribution in [-0.2, 0) is 0 Å².